The summed E-state index contributed by atoms with van der Waals surface area (Å²) in [6.45, 7) is 0.768. The topological polar surface area (TPSA) is 77.1 Å². The Labute approximate surface area is 169 Å². The van der Waals surface area contributed by atoms with Crippen molar-refractivity contribution in [3.8, 4) is 0 Å². The maximum absolute atomic E-state index is 12.1. The SMILES string of the molecule is CCCC(OC)N(NC(=O)OCC(Cl)(Cl)Cl)C(=O)OCC(Cl)(Cl)Cl. The number of carbonyl (C=O) groups excluding carboxylic acids is 2. The predicted molar refractivity (Wildman–Crippen MR) is 94.0 cm³/mol. The first-order valence-electron chi connectivity index (χ1n) is 6.45. The van der Waals surface area contributed by atoms with Gasteiger partial charge in [0.05, 0.1) is 0 Å². The van der Waals surface area contributed by atoms with E-state index >= 15 is 0 Å². The van der Waals surface area contributed by atoms with Crippen molar-refractivity contribution >= 4 is 81.8 Å². The molecule has 0 aliphatic heterocycles. The fraction of sp³-hybridized carbons (Fsp3) is 0.818. The molecule has 0 aromatic carbocycles. The summed E-state index contributed by atoms with van der Waals surface area (Å²) in [4.78, 5) is 23.8. The van der Waals surface area contributed by atoms with Crippen LogP contribution in [-0.4, -0.2) is 51.3 Å². The molecule has 0 saturated heterocycles. The van der Waals surface area contributed by atoms with Gasteiger partial charge >= 0.3 is 12.2 Å². The van der Waals surface area contributed by atoms with Crippen molar-refractivity contribution in [2.75, 3.05) is 20.3 Å². The average molecular weight is 469 g/mol. The van der Waals surface area contributed by atoms with Crippen molar-refractivity contribution in [3.63, 3.8) is 0 Å². The van der Waals surface area contributed by atoms with Crippen molar-refractivity contribution in [2.24, 2.45) is 0 Å². The van der Waals surface area contributed by atoms with Gasteiger partial charge in [-0.15, -0.1) is 0 Å². The molecule has 0 bridgehead atoms. The summed E-state index contributed by atoms with van der Waals surface area (Å²) in [6.07, 6.45) is -1.92. The molecule has 2 amide bonds. The Bertz CT molecular complexity index is 415. The molecule has 0 fully saturated rings. The molecule has 142 valence electrons. The Morgan fingerprint density at radius 1 is 1.04 bits per heavy atom. The standard InChI is InChI=1S/C11H16Cl6N2O5/c1-3-4-7(22-2)19(9(21)24-6-11(15,16)17)18-8(20)23-5-10(12,13)14/h7H,3-6H2,1-2H3,(H,18,20). The molecule has 0 heterocycles. The molecule has 0 aromatic heterocycles. The zero-order valence-electron chi connectivity index (χ0n) is 12.7. The van der Waals surface area contributed by atoms with Crippen LogP contribution >= 0.6 is 69.6 Å². The van der Waals surface area contributed by atoms with E-state index in [1.165, 1.54) is 7.11 Å². The largest absolute Gasteiger partial charge is 0.444 e. The molecular formula is C11H16Cl6N2O5. The van der Waals surface area contributed by atoms with Gasteiger partial charge in [0.15, 0.2) is 6.23 Å². The van der Waals surface area contributed by atoms with Crippen LogP contribution in [-0.2, 0) is 14.2 Å². The zero-order valence-corrected chi connectivity index (χ0v) is 17.2. The molecular weight excluding hydrogens is 453 g/mol. The molecule has 1 N–H and O–H groups in total. The highest BCUT2D eigenvalue weighted by atomic mass is 35.6. The first-order chi connectivity index (χ1) is 10.9. The van der Waals surface area contributed by atoms with Crippen LogP contribution in [0.4, 0.5) is 9.59 Å². The van der Waals surface area contributed by atoms with Gasteiger partial charge in [0.2, 0.25) is 7.59 Å². The normalized spacial score (nSPS) is 13.2. The Morgan fingerprint density at radius 3 is 1.96 bits per heavy atom. The third-order valence-corrected chi connectivity index (χ3v) is 2.89. The van der Waals surface area contributed by atoms with Crippen LogP contribution in [0, 0.1) is 0 Å². The number of hydrogen-bond acceptors (Lipinski definition) is 5. The van der Waals surface area contributed by atoms with Crippen LogP contribution < -0.4 is 5.43 Å². The fourth-order valence-electron chi connectivity index (χ4n) is 1.33. The minimum absolute atomic E-state index is 0.379. The number of hydrazine groups is 1. The number of amides is 2. The predicted octanol–water partition coefficient (Wildman–Crippen LogP) is 4.58. The Balaban J connectivity index is 4.92. The van der Waals surface area contributed by atoms with Crippen LogP contribution in [0.3, 0.4) is 0 Å². The maximum atomic E-state index is 12.1. The number of ether oxygens (including phenoxy) is 3. The third-order valence-electron chi connectivity index (χ3n) is 2.23. The Kier molecular flexibility index (Phi) is 11.2. The van der Waals surface area contributed by atoms with E-state index in [0.717, 1.165) is 5.01 Å². The second-order valence-corrected chi connectivity index (χ2v) is 9.35. The molecule has 0 aliphatic carbocycles. The lowest BCUT2D eigenvalue weighted by Crippen LogP contribution is -2.53. The molecule has 0 radical (unpaired) electrons. The lowest BCUT2D eigenvalue weighted by Gasteiger charge is -2.29. The summed E-state index contributed by atoms with van der Waals surface area (Å²) in [7, 11) is 1.34. The third kappa shape index (κ3) is 11.7. The van der Waals surface area contributed by atoms with Gasteiger partial charge in [-0.05, 0) is 6.42 Å². The molecule has 24 heavy (non-hydrogen) atoms. The quantitative estimate of drug-likeness (QED) is 0.351. The highest BCUT2D eigenvalue weighted by Crippen LogP contribution is 2.27. The number of alkyl halides is 6. The fourth-order valence-corrected chi connectivity index (χ4v) is 1.65. The van der Waals surface area contributed by atoms with Crippen LogP contribution in [0.15, 0.2) is 0 Å². The number of rotatable bonds is 6. The number of nitrogens with zero attached hydrogens (tertiary/aromatic N) is 1. The molecule has 1 unspecified atom stereocenters. The lowest BCUT2D eigenvalue weighted by molar-refractivity contribution is -0.0562. The molecule has 7 nitrogen and oxygen atoms in total. The van der Waals surface area contributed by atoms with E-state index in [0.29, 0.717) is 12.8 Å². The van der Waals surface area contributed by atoms with Crippen molar-refractivity contribution in [2.45, 2.75) is 33.6 Å². The van der Waals surface area contributed by atoms with Crippen molar-refractivity contribution in [1.29, 1.82) is 0 Å². The van der Waals surface area contributed by atoms with Crippen LogP contribution in [0.2, 0.25) is 0 Å². The molecule has 0 aromatic rings. The summed E-state index contributed by atoms with van der Waals surface area (Å²) >= 11 is 32.9. The Morgan fingerprint density at radius 2 is 1.54 bits per heavy atom. The van der Waals surface area contributed by atoms with Gasteiger partial charge in [-0.2, -0.15) is 5.01 Å². The smallest absolute Gasteiger partial charge is 0.431 e. The van der Waals surface area contributed by atoms with E-state index in [-0.39, 0.29) is 0 Å². The van der Waals surface area contributed by atoms with E-state index in [4.69, 9.17) is 79.1 Å². The number of nitrogens with one attached hydrogen (secondary N) is 1. The summed E-state index contributed by atoms with van der Waals surface area (Å²) in [5.41, 5.74) is 2.13. The molecule has 1 atom stereocenters. The molecule has 0 aliphatic rings. The first kappa shape index (κ1) is 24.2. The van der Waals surface area contributed by atoms with Gasteiger partial charge in [0.25, 0.3) is 0 Å². The summed E-state index contributed by atoms with van der Waals surface area (Å²) in [6, 6.07) is 0. The van der Waals surface area contributed by atoms with Gasteiger partial charge in [-0.1, -0.05) is 83.0 Å². The van der Waals surface area contributed by atoms with Gasteiger partial charge in [-0.25, -0.2) is 15.0 Å². The van der Waals surface area contributed by atoms with Gasteiger partial charge < -0.3 is 14.2 Å². The highest BCUT2D eigenvalue weighted by Gasteiger charge is 2.31. The van der Waals surface area contributed by atoms with Gasteiger partial charge in [-0.3, -0.25) is 0 Å². The number of carbonyl (C=O) groups is 2. The average Bonchev–Trinajstić information content (AvgIpc) is 2.44. The monoisotopic (exact) mass is 466 g/mol. The van der Waals surface area contributed by atoms with Gasteiger partial charge in [0.1, 0.15) is 13.2 Å². The minimum atomic E-state index is -1.81. The van der Waals surface area contributed by atoms with Crippen LogP contribution in [0.25, 0.3) is 0 Å². The second kappa shape index (κ2) is 11.1. The number of methoxy groups -OCH3 is 1. The lowest BCUT2D eigenvalue weighted by atomic mass is 10.3. The molecule has 0 rings (SSSR count). The van der Waals surface area contributed by atoms with E-state index in [2.05, 4.69) is 10.2 Å². The number of hydrogen-bond donors (Lipinski definition) is 1. The summed E-state index contributed by atoms with van der Waals surface area (Å²) in [5, 5.41) is 0.751. The minimum Gasteiger partial charge on any atom is -0.444 e. The van der Waals surface area contributed by atoms with E-state index < -0.39 is 39.2 Å². The van der Waals surface area contributed by atoms with E-state index in [1.807, 2.05) is 6.92 Å². The maximum Gasteiger partial charge on any atom is 0.431 e. The molecule has 0 spiro atoms. The zero-order chi connectivity index (χ0) is 19.0. The highest BCUT2D eigenvalue weighted by molar-refractivity contribution is 6.68. The summed E-state index contributed by atoms with van der Waals surface area (Å²) in [5.74, 6) is 0. The van der Waals surface area contributed by atoms with Crippen molar-refractivity contribution in [1.82, 2.24) is 10.4 Å². The number of halogens is 6. The first-order valence-corrected chi connectivity index (χ1v) is 8.72. The van der Waals surface area contributed by atoms with Crippen molar-refractivity contribution in [3.05, 3.63) is 0 Å². The van der Waals surface area contributed by atoms with E-state index in [1.54, 1.807) is 0 Å². The summed E-state index contributed by atoms with van der Waals surface area (Å²) < 4.78 is 11.0. The second-order valence-electron chi connectivity index (χ2n) is 4.32. The van der Waals surface area contributed by atoms with Crippen LogP contribution in [0.1, 0.15) is 19.8 Å². The van der Waals surface area contributed by atoms with Gasteiger partial charge in [0, 0.05) is 7.11 Å². The Hall–Kier alpha value is 0.240. The van der Waals surface area contributed by atoms with E-state index in [9.17, 15) is 9.59 Å². The molecule has 0 saturated carbocycles. The molecule has 13 heteroatoms. The van der Waals surface area contributed by atoms with Crippen molar-refractivity contribution < 1.29 is 23.8 Å². The van der Waals surface area contributed by atoms with Crippen LogP contribution in [0.5, 0.6) is 0 Å².